The minimum atomic E-state index is -3.51. The van der Waals surface area contributed by atoms with E-state index in [1.54, 1.807) is 36.4 Å². The molecule has 2 rings (SSSR count). The van der Waals surface area contributed by atoms with Gasteiger partial charge in [0.25, 0.3) is 10.0 Å². The summed E-state index contributed by atoms with van der Waals surface area (Å²) in [6.45, 7) is 1.95. The highest BCUT2D eigenvalue weighted by Gasteiger charge is 2.13. The Morgan fingerprint density at radius 2 is 1.50 bits per heavy atom. The number of aryl methyl sites for hydroxylation is 1. The summed E-state index contributed by atoms with van der Waals surface area (Å²) in [7, 11) is -3.51. The monoisotopic (exact) mass is 325 g/mol. The van der Waals surface area contributed by atoms with Crippen LogP contribution in [0.2, 0.25) is 0 Å². The van der Waals surface area contributed by atoms with Gasteiger partial charge in [-0.05, 0) is 43.3 Å². The molecule has 0 aromatic heterocycles. The van der Waals surface area contributed by atoms with Crippen LogP contribution in [0.4, 0.5) is 5.69 Å². The molecule has 0 aliphatic heterocycles. The molecule has 2 aromatic rings. The van der Waals surface area contributed by atoms with Crippen molar-refractivity contribution in [3.05, 3.63) is 58.6 Å². The topological polar surface area (TPSA) is 46.2 Å². The van der Waals surface area contributed by atoms with Crippen LogP contribution in [0.25, 0.3) is 0 Å². The maximum absolute atomic E-state index is 12.1. The smallest absolute Gasteiger partial charge is 0.261 e. The first-order valence-corrected chi connectivity index (χ1v) is 7.60. The van der Waals surface area contributed by atoms with Gasteiger partial charge in [-0.2, -0.15) is 0 Å². The molecule has 0 fully saturated rings. The number of hydrogen-bond acceptors (Lipinski definition) is 2. The van der Waals surface area contributed by atoms with Gasteiger partial charge in [0.1, 0.15) is 0 Å². The van der Waals surface area contributed by atoms with Gasteiger partial charge in [0, 0.05) is 10.2 Å². The van der Waals surface area contributed by atoms with Crippen molar-refractivity contribution in [2.75, 3.05) is 4.72 Å². The molecule has 0 spiro atoms. The fraction of sp³-hybridized carbons (Fsp3) is 0.0769. The zero-order valence-corrected chi connectivity index (χ0v) is 12.1. The standard InChI is InChI=1S/C13H12BrNO2S/c1-10-2-6-12(7-3-10)15-18(16,17)13-8-4-11(14)5-9-13/h2-9,15H,1H3. The van der Waals surface area contributed by atoms with Gasteiger partial charge in [-0.3, -0.25) is 4.72 Å². The van der Waals surface area contributed by atoms with Crippen LogP contribution >= 0.6 is 15.9 Å². The van der Waals surface area contributed by atoms with Gasteiger partial charge >= 0.3 is 0 Å². The molecule has 1 N–H and O–H groups in total. The summed E-state index contributed by atoms with van der Waals surface area (Å²) < 4.78 is 27.5. The van der Waals surface area contributed by atoms with Gasteiger partial charge in [0.2, 0.25) is 0 Å². The van der Waals surface area contributed by atoms with E-state index in [-0.39, 0.29) is 4.90 Å². The van der Waals surface area contributed by atoms with E-state index in [1.165, 1.54) is 0 Å². The number of halogens is 1. The van der Waals surface area contributed by atoms with Crippen molar-refractivity contribution in [3.8, 4) is 0 Å². The second-order valence-electron chi connectivity index (χ2n) is 3.93. The predicted octanol–water partition coefficient (Wildman–Crippen LogP) is 3.56. The van der Waals surface area contributed by atoms with E-state index in [4.69, 9.17) is 0 Å². The first kappa shape index (κ1) is 13.1. The van der Waals surface area contributed by atoms with Gasteiger partial charge in [-0.25, -0.2) is 8.42 Å². The van der Waals surface area contributed by atoms with Gasteiger partial charge in [-0.1, -0.05) is 33.6 Å². The average Bonchev–Trinajstić information content (AvgIpc) is 2.32. The molecule has 94 valence electrons. The zero-order valence-electron chi connectivity index (χ0n) is 9.72. The first-order chi connectivity index (χ1) is 8.47. The molecule has 0 heterocycles. The van der Waals surface area contributed by atoms with Gasteiger partial charge in [0.15, 0.2) is 0 Å². The Balaban J connectivity index is 2.27. The molecule has 0 saturated heterocycles. The average molecular weight is 326 g/mol. The summed E-state index contributed by atoms with van der Waals surface area (Å²) in [5.74, 6) is 0. The number of benzene rings is 2. The van der Waals surface area contributed by atoms with Crippen LogP contribution in [0.15, 0.2) is 57.9 Å². The quantitative estimate of drug-likeness (QED) is 0.937. The Bertz CT molecular complexity index is 634. The van der Waals surface area contributed by atoms with Crippen LogP contribution < -0.4 is 4.72 Å². The van der Waals surface area contributed by atoms with Gasteiger partial charge in [-0.15, -0.1) is 0 Å². The number of sulfonamides is 1. The second kappa shape index (κ2) is 5.12. The molecule has 0 saturated carbocycles. The number of hydrogen-bond donors (Lipinski definition) is 1. The van der Waals surface area contributed by atoms with Crippen molar-refractivity contribution in [3.63, 3.8) is 0 Å². The van der Waals surface area contributed by atoms with Gasteiger partial charge < -0.3 is 0 Å². The van der Waals surface area contributed by atoms with Crippen molar-refractivity contribution in [2.45, 2.75) is 11.8 Å². The zero-order chi connectivity index (χ0) is 13.2. The summed E-state index contributed by atoms with van der Waals surface area (Å²) in [6, 6.07) is 13.7. The highest BCUT2D eigenvalue weighted by atomic mass is 79.9. The van der Waals surface area contributed by atoms with Crippen LogP contribution in [0.3, 0.4) is 0 Å². The maximum atomic E-state index is 12.1. The summed E-state index contributed by atoms with van der Waals surface area (Å²) in [6.07, 6.45) is 0. The number of nitrogens with one attached hydrogen (secondary N) is 1. The molecule has 3 nitrogen and oxygen atoms in total. The van der Waals surface area contributed by atoms with E-state index >= 15 is 0 Å². The molecule has 0 unspecified atom stereocenters. The lowest BCUT2D eigenvalue weighted by atomic mass is 10.2. The first-order valence-electron chi connectivity index (χ1n) is 5.32. The molecule has 0 radical (unpaired) electrons. The molecule has 0 amide bonds. The molecule has 0 bridgehead atoms. The van der Waals surface area contributed by atoms with Crippen molar-refractivity contribution in [1.29, 1.82) is 0 Å². The molecule has 0 atom stereocenters. The summed E-state index contributed by atoms with van der Waals surface area (Å²) in [5, 5.41) is 0. The van der Waals surface area contributed by atoms with Crippen LogP contribution in [-0.2, 0) is 10.0 Å². The predicted molar refractivity (Wildman–Crippen MR) is 76.1 cm³/mol. The molecular formula is C13H12BrNO2S. The lowest BCUT2D eigenvalue weighted by Crippen LogP contribution is -2.12. The molecule has 18 heavy (non-hydrogen) atoms. The van der Waals surface area contributed by atoms with Crippen molar-refractivity contribution in [2.24, 2.45) is 0 Å². The minimum absolute atomic E-state index is 0.242. The summed E-state index contributed by atoms with van der Waals surface area (Å²) >= 11 is 3.27. The Labute approximate surface area is 115 Å². The van der Waals surface area contributed by atoms with E-state index < -0.39 is 10.0 Å². The highest BCUT2D eigenvalue weighted by Crippen LogP contribution is 2.18. The van der Waals surface area contributed by atoms with Crippen LogP contribution in [0.1, 0.15) is 5.56 Å². The van der Waals surface area contributed by atoms with Crippen LogP contribution in [0, 0.1) is 6.92 Å². The van der Waals surface area contributed by atoms with Crippen molar-refractivity contribution >= 4 is 31.6 Å². The van der Waals surface area contributed by atoms with E-state index in [9.17, 15) is 8.42 Å². The second-order valence-corrected chi connectivity index (χ2v) is 6.52. The third kappa shape index (κ3) is 3.11. The van der Waals surface area contributed by atoms with E-state index in [1.807, 2.05) is 19.1 Å². The Morgan fingerprint density at radius 1 is 0.944 bits per heavy atom. The fourth-order valence-corrected chi connectivity index (χ4v) is 2.77. The Hall–Kier alpha value is -1.33. The van der Waals surface area contributed by atoms with Crippen LogP contribution in [0.5, 0.6) is 0 Å². The fourth-order valence-electron chi connectivity index (χ4n) is 1.45. The molecule has 0 aliphatic rings. The molecule has 0 aliphatic carbocycles. The van der Waals surface area contributed by atoms with Gasteiger partial charge in [0.05, 0.1) is 4.90 Å². The van der Waals surface area contributed by atoms with Crippen LogP contribution in [-0.4, -0.2) is 8.42 Å². The Kier molecular flexibility index (Phi) is 3.73. The largest absolute Gasteiger partial charge is 0.280 e. The Morgan fingerprint density at radius 3 is 2.06 bits per heavy atom. The van der Waals surface area contributed by atoms with E-state index in [0.717, 1.165) is 10.0 Å². The third-order valence-corrected chi connectivity index (χ3v) is 4.35. The lowest BCUT2D eigenvalue weighted by molar-refractivity contribution is 0.601. The summed E-state index contributed by atoms with van der Waals surface area (Å²) in [4.78, 5) is 0.242. The molecule has 2 aromatic carbocycles. The number of rotatable bonds is 3. The van der Waals surface area contributed by atoms with E-state index in [2.05, 4.69) is 20.7 Å². The molecular weight excluding hydrogens is 314 g/mol. The van der Waals surface area contributed by atoms with Crippen molar-refractivity contribution < 1.29 is 8.42 Å². The SMILES string of the molecule is Cc1ccc(NS(=O)(=O)c2ccc(Br)cc2)cc1. The maximum Gasteiger partial charge on any atom is 0.261 e. The molecule has 5 heteroatoms. The van der Waals surface area contributed by atoms with E-state index in [0.29, 0.717) is 5.69 Å². The lowest BCUT2D eigenvalue weighted by Gasteiger charge is -2.08. The normalized spacial score (nSPS) is 11.2. The van der Waals surface area contributed by atoms with Crippen molar-refractivity contribution in [1.82, 2.24) is 0 Å². The third-order valence-electron chi connectivity index (χ3n) is 2.43. The highest BCUT2D eigenvalue weighted by molar-refractivity contribution is 9.10. The summed E-state index contributed by atoms with van der Waals surface area (Å²) in [5.41, 5.74) is 1.64. The minimum Gasteiger partial charge on any atom is -0.280 e. The number of anilines is 1.